The van der Waals surface area contributed by atoms with Crippen LogP contribution in [0.4, 0.5) is 14.6 Å². The number of aromatic nitrogens is 4. The highest BCUT2D eigenvalue weighted by atomic mass is 19.1. The Labute approximate surface area is 216 Å². The van der Waals surface area contributed by atoms with E-state index in [1.165, 1.54) is 40.3 Å². The van der Waals surface area contributed by atoms with Gasteiger partial charge in [0.2, 0.25) is 17.4 Å². The smallest absolute Gasteiger partial charge is 0.219 e. The molecule has 5 aromatic rings. The first kappa shape index (κ1) is 23.8. The standard InChI is InChI=1S/C28H24F2N6O2/c1-15-8-25(38-27-20(29)4-3-5-21(27)30)32-13-24(15)36-28(31)19(12-33-36)26(37)23-11-17-9-18-14-35(2)7-6-16(18)10-22(17)34-23/h3-5,8-13,34H,6-7,14,31H2,1-2H3. The first-order valence-corrected chi connectivity index (χ1v) is 12.1. The minimum Gasteiger partial charge on any atom is -0.433 e. The van der Waals surface area contributed by atoms with Crippen molar-refractivity contribution in [1.29, 1.82) is 0 Å². The molecule has 0 amide bonds. The van der Waals surface area contributed by atoms with Crippen LogP contribution in [0.5, 0.6) is 11.6 Å². The number of pyridine rings is 1. The fraction of sp³-hybridized carbons (Fsp3) is 0.179. The van der Waals surface area contributed by atoms with E-state index in [2.05, 4.69) is 39.1 Å². The van der Waals surface area contributed by atoms with Gasteiger partial charge in [-0.05, 0) is 67.4 Å². The second-order valence-corrected chi connectivity index (χ2v) is 9.53. The molecule has 0 spiro atoms. The predicted molar refractivity (Wildman–Crippen MR) is 139 cm³/mol. The summed E-state index contributed by atoms with van der Waals surface area (Å²) in [4.78, 5) is 23.0. The number of aromatic amines is 1. The van der Waals surface area contributed by atoms with Crippen LogP contribution >= 0.6 is 0 Å². The molecule has 0 saturated carbocycles. The molecule has 4 heterocycles. The number of nitrogens with zero attached hydrogens (tertiary/aromatic N) is 4. The van der Waals surface area contributed by atoms with Crippen molar-refractivity contribution in [1.82, 2.24) is 24.6 Å². The van der Waals surface area contributed by atoms with E-state index in [9.17, 15) is 13.6 Å². The average Bonchev–Trinajstić information content (AvgIpc) is 3.47. The minimum absolute atomic E-state index is 0.00393. The summed E-state index contributed by atoms with van der Waals surface area (Å²) in [5.41, 5.74) is 11.6. The Balaban J connectivity index is 1.28. The van der Waals surface area contributed by atoms with E-state index in [0.29, 0.717) is 16.9 Å². The SMILES string of the molecule is Cc1cc(Oc2c(F)cccc2F)ncc1-n1ncc(C(=O)c2cc3cc4c(cc3[nH]2)CCN(C)C4)c1N. The molecular formula is C28H24F2N6O2. The van der Waals surface area contributed by atoms with E-state index in [1.54, 1.807) is 6.92 Å². The van der Waals surface area contributed by atoms with E-state index in [4.69, 9.17) is 10.5 Å². The summed E-state index contributed by atoms with van der Waals surface area (Å²) in [6, 6.07) is 11.1. The first-order valence-electron chi connectivity index (χ1n) is 12.1. The molecule has 1 aliphatic heterocycles. The summed E-state index contributed by atoms with van der Waals surface area (Å²) in [7, 11) is 2.10. The molecule has 8 nitrogen and oxygen atoms in total. The van der Waals surface area contributed by atoms with Crippen LogP contribution in [0.2, 0.25) is 0 Å². The second kappa shape index (κ2) is 9.07. The highest BCUT2D eigenvalue weighted by molar-refractivity contribution is 6.12. The summed E-state index contributed by atoms with van der Waals surface area (Å²) >= 11 is 0. The number of carbonyl (C=O) groups is 1. The molecule has 10 heteroatoms. The Bertz CT molecular complexity index is 1700. The van der Waals surface area contributed by atoms with Gasteiger partial charge in [-0.15, -0.1) is 0 Å². The van der Waals surface area contributed by atoms with Crippen molar-refractivity contribution in [2.45, 2.75) is 19.9 Å². The molecule has 0 atom stereocenters. The van der Waals surface area contributed by atoms with Crippen molar-refractivity contribution in [3.63, 3.8) is 0 Å². The molecule has 0 bridgehead atoms. The molecule has 3 aromatic heterocycles. The summed E-state index contributed by atoms with van der Waals surface area (Å²) < 4.78 is 34.6. The number of halogens is 2. The number of hydrogen-bond acceptors (Lipinski definition) is 6. The van der Waals surface area contributed by atoms with E-state index in [-0.39, 0.29) is 23.0 Å². The number of para-hydroxylation sites is 1. The molecule has 192 valence electrons. The van der Waals surface area contributed by atoms with Gasteiger partial charge in [0, 0.05) is 30.1 Å². The number of rotatable bonds is 5. The van der Waals surface area contributed by atoms with Gasteiger partial charge in [0.05, 0.1) is 29.3 Å². The molecular weight excluding hydrogens is 490 g/mol. The average molecular weight is 515 g/mol. The van der Waals surface area contributed by atoms with E-state index in [0.717, 1.165) is 42.5 Å². The molecule has 0 fully saturated rings. The lowest BCUT2D eigenvalue weighted by Gasteiger charge is -2.24. The largest absolute Gasteiger partial charge is 0.433 e. The number of ether oxygens (including phenoxy) is 1. The summed E-state index contributed by atoms with van der Waals surface area (Å²) in [5.74, 6) is -2.34. The molecule has 3 N–H and O–H groups in total. The predicted octanol–water partition coefficient (Wildman–Crippen LogP) is 4.93. The van der Waals surface area contributed by atoms with Crippen LogP contribution in [0, 0.1) is 18.6 Å². The number of nitrogens with two attached hydrogens (primary N) is 1. The van der Waals surface area contributed by atoms with Crippen molar-refractivity contribution in [2.75, 3.05) is 19.3 Å². The molecule has 0 radical (unpaired) electrons. The van der Waals surface area contributed by atoms with Crippen molar-refractivity contribution in [3.8, 4) is 17.3 Å². The third-order valence-electron chi connectivity index (χ3n) is 6.85. The lowest BCUT2D eigenvalue weighted by Crippen LogP contribution is -2.26. The fourth-order valence-electron chi connectivity index (χ4n) is 4.81. The van der Waals surface area contributed by atoms with Gasteiger partial charge >= 0.3 is 0 Å². The number of ketones is 1. The molecule has 2 aromatic carbocycles. The van der Waals surface area contributed by atoms with Gasteiger partial charge in [0.1, 0.15) is 5.82 Å². The minimum atomic E-state index is -0.836. The Kier molecular flexibility index (Phi) is 5.68. The van der Waals surface area contributed by atoms with Gasteiger partial charge in [-0.2, -0.15) is 5.10 Å². The lowest BCUT2D eigenvalue weighted by atomic mass is 9.98. The molecule has 6 rings (SSSR count). The fourth-order valence-corrected chi connectivity index (χ4v) is 4.81. The van der Waals surface area contributed by atoms with Crippen molar-refractivity contribution in [3.05, 3.63) is 94.4 Å². The third kappa shape index (κ3) is 4.08. The number of hydrogen-bond donors (Lipinski definition) is 2. The van der Waals surface area contributed by atoms with Gasteiger partial charge in [0.25, 0.3) is 0 Å². The van der Waals surface area contributed by atoms with Crippen molar-refractivity contribution < 1.29 is 18.3 Å². The van der Waals surface area contributed by atoms with E-state index in [1.807, 2.05) is 6.07 Å². The highest BCUT2D eigenvalue weighted by Crippen LogP contribution is 2.30. The van der Waals surface area contributed by atoms with Gasteiger partial charge in [0.15, 0.2) is 11.6 Å². The van der Waals surface area contributed by atoms with Gasteiger partial charge in [-0.3, -0.25) is 4.79 Å². The number of H-pyrrole nitrogens is 1. The van der Waals surface area contributed by atoms with Crippen LogP contribution in [0.25, 0.3) is 16.6 Å². The van der Waals surface area contributed by atoms with E-state index >= 15 is 0 Å². The highest BCUT2D eigenvalue weighted by Gasteiger charge is 2.22. The maximum absolute atomic E-state index is 14.0. The van der Waals surface area contributed by atoms with Crippen LogP contribution in [0.1, 0.15) is 32.7 Å². The van der Waals surface area contributed by atoms with Crippen molar-refractivity contribution >= 4 is 22.5 Å². The van der Waals surface area contributed by atoms with Crippen LogP contribution in [0.3, 0.4) is 0 Å². The lowest BCUT2D eigenvalue weighted by molar-refractivity contribution is 0.103. The maximum atomic E-state index is 14.0. The normalized spacial score (nSPS) is 13.6. The Morgan fingerprint density at radius 3 is 2.66 bits per heavy atom. The summed E-state index contributed by atoms with van der Waals surface area (Å²) in [6.07, 6.45) is 3.81. The number of anilines is 1. The Morgan fingerprint density at radius 1 is 1.11 bits per heavy atom. The molecule has 38 heavy (non-hydrogen) atoms. The van der Waals surface area contributed by atoms with Crippen molar-refractivity contribution in [2.24, 2.45) is 0 Å². The van der Waals surface area contributed by atoms with Gasteiger partial charge in [-0.25, -0.2) is 18.4 Å². The number of benzene rings is 2. The van der Waals surface area contributed by atoms with Crippen LogP contribution in [-0.2, 0) is 13.0 Å². The molecule has 0 unspecified atom stereocenters. The van der Waals surface area contributed by atoms with Gasteiger partial charge in [-0.1, -0.05) is 6.07 Å². The van der Waals surface area contributed by atoms with Crippen LogP contribution in [0.15, 0.2) is 54.9 Å². The Morgan fingerprint density at radius 2 is 1.89 bits per heavy atom. The number of aryl methyl sites for hydroxylation is 1. The second-order valence-electron chi connectivity index (χ2n) is 9.53. The number of nitrogen functional groups attached to an aromatic ring is 1. The number of nitrogens with one attached hydrogen (secondary N) is 1. The summed E-state index contributed by atoms with van der Waals surface area (Å²) in [5, 5.41) is 5.28. The first-order chi connectivity index (χ1) is 18.3. The zero-order valence-electron chi connectivity index (χ0n) is 20.8. The van der Waals surface area contributed by atoms with Crippen LogP contribution < -0.4 is 10.5 Å². The molecule has 0 aliphatic carbocycles. The van der Waals surface area contributed by atoms with Gasteiger partial charge < -0.3 is 20.4 Å². The molecule has 1 aliphatic rings. The van der Waals surface area contributed by atoms with E-state index < -0.39 is 17.4 Å². The van der Waals surface area contributed by atoms with Crippen LogP contribution in [-0.4, -0.2) is 44.0 Å². The zero-order chi connectivity index (χ0) is 26.6. The zero-order valence-corrected chi connectivity index (χ0v) is 20.8. The number of fused-ring (bicyclic) bond motifs is 2. The number of likely N-dealkylation sites (N-methyl/N-ethyl adjacent to an activating group) is 1. The topological polar surface area (TPSA) is 102 Å². The Hall–Kier alpha value is -4.57. The quantitative estimate of drug-likeness (QED) is 0.323. The maximum Gasteiger partial charge on any atom is 0.219 e. The molecule has 0 saturated heterocycles. The third-order valence-corrected chi connectivity index (χ3v) is 6.85. The number of carbonyl (C=O) groups excluding carboxylic acids is 1. The summed E-state index contributed by atoms with van der Waals surface area (Å²) in [6.45, 7) is 3.63. The monoisotopic (exact) mass is 514 g/mol.